The molecular formula is C16H18ClN3S2. The second-order valence-corrected chi connectivity index (χ2v) is 7.95. The number of halogens is 1. The van der Waals surface area contributed by atoms with Gasteiger partial charge in [-0.2, -0.15) is 0 Å². The molecular weight excluding hydrogens is 334 g/mol. The highest BCUT2D eigenvalue weighted by Gasteiger charge is 2.40. The molecule has 2 aromatic rings. The maximum absolute atomic E-state index is 6.15. The first-order valence-electron chi connectivity index (χ1n) is 7.29. The van der Waals surface area contributed by atoms with Gasteiger partial charge in [-0.15, -0.1) is 11.3 Å². The molecule has 0 saturated carbocycles. The molecule has 0 aromatic carbocycles. The van der Waals surface area contributed by atoms with Crippen LogP contribution in [0.15, 0.2) is 36.5 Å². The molecule has 116 valence electrons. The molecule has 0 aliphatic carbocycles. The Morgan fingerprint density at radius 3 is 2.77 bits per heavy atom. The quantitative estimate of drug-likeness (QED) is 0.825. The predicted octanol–water partition coefficient (Wildman–Crippen LogP) is 4.43. The number of hydrogen-bond acceptors (Lipinski definition) is 3. The normalized spacial score (nSPS) is 21.5. The third-order valence-electron chi connectivity index (χ3n) is 3.65. The first-order valence-corrected chi connectivity index (χ1v) is 8.90. The van der Waals surface area contributed by atoms with Crippen LogP contribution in [-0.4, -0.2) is 21.5 Å². The van der Waals surface area contributed by atoms with Crippen LogP contribution >= 0.6 is 35.2 Å². The Labute approximate surface area is 145 Å². The number of rotatable bonds is 4. The molecule has 3 rings (SSSR count). The topological polar surface area (TPSA) is 28.2 Å². The fraction of sp³-hybridized carbons (Fsp3) is 0.375. The molecule has 1 aliphatic rings. The van der Waals surface area contributed by atoms with Crippen molar-refractivity contribution in [1.82, 2.24) is 15.2 Å². The molecule has 22 heavy (non-hydrogen) atoms. The second kappa shape index (κ2) is 6.52. The van der Waals surface area contributed by atoms with Crippen LogP contribution in [0, 0.1) is 5.92 Å². The van der Waals surface area contributed by atoms with E-state index in [0.717, 1.165) is 21.7 Å². The van der Waals surface area contributed by atoms with Gasteiger partial charge in [0.05, 0.1) is 22.1 Å². The fourth-order valence-corrected chi connectivity index (χ4v) is 4.32. The van der Waals surface area contributed by atoms with Crippen LogP contribution in [0.1, 0.15) is 36.5 Å². The number of thiocarbonyl (C=S) groups is 1. The van der Waals surface area contributed by atoms with Gasteiger partial charge in [-0.3, -0.25) is 4.98 Å². The lowest BCUT2D eigenvalue weighted by Crippen LogP contribution is -2.32. The van der Waals surface area contributed by atoms with Crippen LogP contribution in [0.3, 0.4) is 0 Å². The van der Waals surface area contributed by atoms with Crippen molar-refractivity contribution < 1.29 is 0 Å². The summed E-state index contributed by atoms with van der Waals surface area (Å²) in [7, 11) is 0. The Kier molecular flexibility index (Phi) is 4.66. The number of nitrogens with zero attached hydrogens (tertiary/aromatic N) is 2. The van der Waals surface area contributed by atoms with Gasteiger partial charge in [-0.05, 0) is 42.4 Å². The standard InChI is InChI=1S/C16H18ClN3S2/c1-10(2)9-20-15(12-6-7-13(17)22-12)14(19-16(20)21)11-5-3-4-8-18-11/h3-8,10,14-15H,9H2,1-2H3,(H,19,21). The van der Waals surface area contributed by atoms with Crippen LogP contribution in [0.2, 0.25) is 4.34 Å². The van der Waals surface area contributed by atoms with Gasteiger partial charge in [0.1, 0.15) is 0 Å². The molecule has 1 fully saturated rings. The number of thiophene rings is 1. The molecule has 1 saturated heterocycles. The summed E-state index contributed by atoms with van der Waals surface area (Å²) in [6, 6.07) is 10.2. The Bertz CT molecular complexity index is 656. The van der Waals surface area contributed by atoms with E-state index in [2.05, 4.69) is 35.1 Å². The Balaban J connectivity index is 2.00. The largest absolute Gasteiger partial charge is 0.352 e. The monoisotopic (exact) mass is 351 g/mol. The van der Waals surface area contributed by atoms with E-state index in [0.29, 0.717) is 5.92 Å². The van der Waals surface area contributed by atoms with Crippen molar-refractivity contribution in [3.05, 3.63) is 51.4 Å². The number of pyridine rings is 1. The molecule has 0 spiro atoms. The molecule has 6 heteroatoms. The first-order chi connectivity index (χ1) is 10.6. The third kappa shape index (κ3) is 3.12. The van der Waals surface area contributed by atoms with Crippen LogP contribution in [0.4, 0.5) is 0 Å². The van der Waals surface area contributed by atoms with Crippen molar-refractivity contribution in [3.8, 4) is 0 Å². The van der Waals surface area contributed by atoms with Gasteiger partial charge < -0.3 is 10.2 Å². The summed E-state index contributed by atoms with van der Waals surface area (Å²) in [6.45, 7) is 5.32. The minimum atomic E-state index is 0.0576. The highest BCUT2D eigenvalue weighted by Crippen LogP contribution is 2.42. The maximum Gasteiger partial charge on any atom is 0.170 e. The fourth-order valence-electron chi connectivity index (χ4n) is 2.79. The highest BCUT2D eigenvalue weighted by atomic mass is 35.5. The zero-order valence-electron chi connectivity index (χ0n) is 12.5. The summed E-state index contributed by atoms with van der Waals surface area (Å²) < 4.78 is 0.803. The average molecular weight is 352 g/mol. The van der Waals surface area contributed by atoms with Crippen LogP contribution in [0.5, 0.6) is 0 Å². The van der Waals surface area contributed by atoms with Crippen molar-refractivity contribution in [2.45, 2.75) is 25.9 Å². The van der Waals surface area contributed by atoms with E-state index in [-0.39, 0.29) is 12.1 Å². The number of hydrogen-bond donors (Lipinski definition) is 1. The van der Waals surface area contributed by atoms with Gasteiger partial charge in [-0.25, -0.2) is 0 Å². The van der Waals surface area contributed by atoms with Crippen LogP contribution in [0.25, 0.3) is 0 Å². The number of nitrogens with one attached hydrogen (secondary N) is 1. The molecule has 0 radical (unpaired) electrons. The molecule has 3 heterocycles. The van der Waals surface area contributed by atoms with Crippen molar-refractivity contribution in [2.24, 2.45) is 5.92 Å². The molecule has 2 atom stereocenters. The SMILES string of the molecule is CC(C)CN1C(=S)NC(c2ccccn2)C1c1ccc(Cl)s1. The van der Waals surface area contributed by atoms with E-state index in [1.807, 2.05) is 30.5 Å². The molecule has 1 aliphatic heterocycles. The summed E-state index contributed by atoms with van der Waals surface area (Å²) in [5.74, 6) is 0.528. The van der Waals surface area contributed by atoms with Gasteiger partial charge in [0.15, 0.2) is 5.11 Å². The molecule has 0 bridgehead atoms. The van der Waals surface area contributed by atoms with Gasteiger partial charge in [0.25, 0.3) is 0 Å². The van der Waals surface area contributed by atoms with Gasteiger partial charge in [0, 0.05) is 17.6 Å². The summed E-state index contributed by atoms with van der Waals surface area (Å²) in [4.78, 5) is 8.00. The van der Waals surface area contributed by atoms with Crippen molar-refractivity contribution in [2.75, 3.05) is 6.54 Å². The molecule has 0 amide bonds. The summed E-state index contributed by atoms with van der Waals surface area (Å²) in [6.07, 6.45) is 1.82. The molecule has 2 unspecified atom stereocenters. The van der Waals surface area contributed by atoms with Crippen molar-refractivity contribution in [1.29, 1.82) is 0 Å². The average Bonchev–Trinajstić information content (AvgIpc) is 3.04. The molecule has 3 nitrogen and oxygen atoms in total. The van der Waals surface area contributed by atoms with Gasteiger partial charge >= 0.3 is 0 Å². The lowest BCUT2D eigenvalue weighted by Gasteiger charge is -2.28. The number of aromatic nitrogens is 1. The lowest BCUT2D eigenvalue weighted by molar-refractivity contribution is 0.291. The molecule has 2 aromatic heterocycles. The summed E-state index contributed by atoms with van der Waals surface area (Å²) in [5.41, 5.74) is 1.01. The van der Waals surface area contributed by atoms with E-state index in [9.17, 15) is 0 Å². The minimum Gasteiger partial charge on any atom is -0.352 e. The van der Waals surface area contributed by atoms with E-state index in [4.69, 9.17) is 23.8 Å². The van der Waals surface area contributed by atoms with E-state index < -0.39 is 0 Å². The first kappa shape index (κ1) is 15.7. The van der Waals surface area contributed by atoms with Crippen molar-refractivity contribution >= 4 is 40.3 Å². The summed E-state index contributed by atoms with van der Waals surface area (Å²) in [5, 5.41) is 4.23. The molecule has 1 N–H and O–H groups in total. The Morgan fingerprint density at radius 1 is 1.36 bits per heavy atom. The van der Waals surface area contributed by atoms with Crippen molar-refractivity contribution in [3.63, 3.8) is 0 Å². The summed E-state index contributed by atoms with van der Waals surface area (Å²) >= 11 is 13.3. The lowest BCUT2D eigenvalue weighted by atomic mass is 10.0. The van der Waals surface area contributed by atoms with E-state index in [1.165, 1.54) is 4.88 Å². The predicted molar refractivity (Wildman–Crippen MR) is 96.3 cm³/mol. The zero-order chi connectivity index (χ0) is 15.7. The van der Waals surface area contributed by atoms with Crippen LogP contribution < -0.4 is 5.32 Å². The third-order valence-corrected chi connectivity index (χ3v) is 5.30. The minimum absolute atomic E-state index is 0.0576. The highest BCUT2D eigenvalue weighted by molar-refractivity contribution is 7.80. The van der Waals surface area contributed by atoms with Crippen LogP contribution in [-0.2, 0) is 0 Å². The van der Waals surface area contributed by atoms with Gasteiger partial charge in [-0.1, -0.05) is 31.5 Å². The maximum atomic E-state index is 6.15. The smallest absolute Gasteiger partial charge is 0.170 e. The Morgan fingerprint density at radius 2 is 2.18 bits per heavy atom. The Hall–Kier alpha value is -1.17. The van der Waals surface area contributed by atoms with E-state index in [1.54, 1.807) is 11.3 Å². The van der Waals surface area contributed by atoms with E-state index >= 15 is 0 Å². The second-order valence-electron chi connectivity index (χ2n) is 5.81. The van der Waals surface area contributed by atoms with Gasteiger partial charge in [0.2, 0.25) is 0 Å². The zero-order valence-corrected chi connectivity index (χ0v) is 14.9.